The first-order valence-electron chi connectivity index (χ1n) is 13.5. The molecule has 0 aliphatic heterocycles. The van der Waals surface area contributed by atoms with E-state index >= 15 is 0 Å². The maximum absolute atomic E-state index is 9.28. The Morgan fingerprint density at radius 3 is 2.44 bits per heavy atom. The lowest BCUT2D eigenvalue weighted by atomic mass is 9.86. The molecule has 0 radical (unpaired) electrons. The van der Waals surface area contributed by atoms with E-state index in [1.807, 2.05) is 36.4 Å². The zero-order valence-corrected chi connectivity index (χ0v) is 19.0. The van der Waals surface area contributed by atoms with Crippen molar-refractivity contribution < 1.29 is 15.7 Å². The minimum Gasteiger partial charge on any atom is -0.452 e. The van der Waals surface area contributed by atoms with Crippen LogP contribution in [0.1, 0.15) is 44.3 Å². The van der Waals surface area contributed by atoms with Crippen LogP contribution in [0.3, 0.4) is 0 Å². The van der Waals surface area contributed by atoms with Crippen LogP contribution in [0.25, 0.3) is 55.1 Å². The number of aromatic nitrogens is 1. The Bertz CT molecular complexity index is 1990. The summed E-state index contributed by atoms with van der Waals surface area (Å²) in [6, 6.07) is 18.5. The SMILES string of the molecule is [2H]C([2H])([2H])c1cnc(-c2cccc3c2oc2c3ccc3c4ccc(C#N)cc4oc32)cc1C([2H])([2H])C(C)(C)C. The van der Waals surface area contributed by atoms with Gasteiger partial charge in [0, 0.05) is 40.2 Å². The van der Waals surface area contributed by atoms with Gasteiger partial charge in [0.25, 0.3) is 0 Å². The average Bonchev–Trinajstić information content (AvgIpc) is 3.45. The fourth-order valence-electron chi connectivity index (χ4n) is 4.47. The van der Waals surface area contributed by atoms with E-state index in [1.165, 1.54) is 12.3 Å². The van der Waals surface area contributed by atoms with Crippen molar-refractivity contribution in [2.24, 2.45) is 5.41 Å². The number of para-hydroxylation sites is 1. The lowest BCUT2D eigenvalue weighted by Gasteiger charge is -2.20. The molecule has 0 fully saturated rings. The van der Waals surface area contributed by atoms with Gasteiger partial charge in [-0.05, 0) is 72.2 Å². The fraction of sp³-hybridized carbons (Fsp3) is 0.200. The first-order chi connectivity index (χ1) is 18.3. The Morgan fingerprint density at radius 1 is 0.941 bits per heavy atom. The second kappa shape index (κ2) is 7.20. The summed E-state index contributed by atoms with van der Waals surface area (Å²) in [7, 11) is 0. The van der Waals surface area contributed by atoms with Crippen molar-refractivity contribution in [3.8, 4) is 17.3 Å². The van der Waals surface area contributed by atoms with Crippen molar-refractivity contribution in [2.75, 3.05) is 0 Å². The highest BCUT2D eigenvalue weighted by atomic mass is 16.4. The van der Waals surface area contributed by atoms with Gasteiger partial charge >= 0.3 is 0 Å². The predicted molar refractivity (Wildman–Crippen MR) is 137 cm³/mol. The number of benzene rings is 3. The number of aryl methyl sites for hydroxylation is 1. The Kier molecular flexibility index (Phi) is 3.32. The summed E-state index contributed by atoms with van der Waals surface area (Å²) >= 11 is 0. The number of hydrogen-bond donors (Lipinski definition) is 0. The van der Waals surface area contributed by atoms with Gasteiger partial charge in [-0.2, -0.15) is 5.26 Å². The van der Waals surface area contributed by atoms with Gasteiger partial charge in [-0.1, -0.05) is 32.9 Å². The van der Waals surface area contributed by atoms with E-state index < -0.39 is 18.6 Å². The van der Waals surface area contributed by atoms with Gasteiger partial charge in [0.2, 0.25) is 0 Å². The van der Waals surface area contributed by atoms with Crippen LogP contribution in [0.5, 0.6) is 0 Å². The number of rotatable bonds is 2. The Labute approximate surface area is 204 Å². The van der Waals surface area contributed by atoms with Crippen molar-refractivity contribution in [1.29, 1.82) is 5.26 Å². The molecular formula is C30H24N2O2. The second-order valence-electron chi connectivity index (χ2n) is 9.52. The van der Waals surface area contributed by atoms with Crippen LogP contribution in [0.15, 0.2) is 69.6 Å². The summed E-state index contributed by atoms with van der Waals surface area (Å²) in [4.78, 5) is 4.47. The van der Waals surface area contributed by atoms with Gasteiger partial charge in [0.1, 0.15) is 11.2 Å². The molecule has 0 saturated carbocycles. The van der Waals surface area contributed by atoms with Crippen molar-refractivity contribution in [3.05, 3.63) is 77.5 Å². The number of pyridine rings is 1. The van der Waals surface area contributed by atoms with Gasteiger partial charge in [0.05, 0.1) is 17.3 Å². The summed E-state index contributed by atoms with van der Waals surface area (Å²) in [5.74, 6) is 0. The quantitative estimate of drug-likeness (QED) is 0.267. The molecule has 0 N–H and O–H groups in total. The number of nitriles is 1. The van der Waals surface area contributed by atoms with Crippen LogP contribution in [-0.2, 0) is 6.37 Å². The third-order valence-corrected chi connectivity index (χ3v) is 5.92. The molecule has 4 heteroatoms. The molecule has 4 nitrogen and oxygen atoms in total. The van der Waals surface area contributed by atoms with E-state index in [1.54, 1.807) is 32.9 Å². The highest BCUT2D eigenvalue weighted by Gasteiger charge is 2.20. The zero-order valence-electron chi connectivity index (χ0n) is 24.0. The predicted octanol–water partition coefficient (Wildman–Crippen LogP) is 8.32. The largest absolute Gasteiger partial charge is 0.452 e. The van der Waals surface area contributed by atoms with Crippen LogP contribution < -0.4 is 0 Å². The van der Waals surface area contributed by atoms with Crippen molar-refractivity contribution >= 4 is 43.9 Å². The molecule has 3 aromatic carbocycles. The molecule has 6 rings (SSSR count). The highest BCUT2D eigenvalue weighted by molar-refractivity contribution is 6.20. The minimum absolute atomic E-state index is 0.0843. The lowest BCUT2D eigenvalue weighted by Crippen LogP contribution is -2.10. The molecule has 166 valence electrons. The molecular weight excluding hydrogens is 420 g/mol. The van der Waals surface area contributed by atoms with Gasteiger partial charge < -0.3 is 8.83 Å². The summed E-state index contributed by atoms with van der Waals surface area (Å²) < 4.78 is 54.3. The van der Waals surface area contributed by atoms with E-state index in [0.717, 1.165) is 21.5 Å². The Morgan fingerprint density at radius 2 is 1.68 bits per heavy atom. The number of hydrogen-bond acceptors (Lipinski definition) is 4. The third kappa shape index (κ3) is 3.16. The molecule has 0 aliphatic carbocycles. The molecule has 3 aromatic heterocycles. The van der Waals surface area contributed by atoms with Gasteiger partial charge in [0.15, 0.2) is 11.2 Å². The molecule has 0 aliphatic rings. The number of furan rings is 2. The smallest absolute Gasteiger partial charge is 0.178 e. The van der Waals surface area contributed by atoms with E-state index in [2.05, 4.69) is 11.1 Å². The van der Waals surface area contributed by atoms with Crippen molar-refractivity contribution in [2.45, 2.75) is 34.0 Å². The number of nitrogens with zero attached hydrogens (tertiary/aromatic N) is 2. The van der Waals surface area contributed by atoms with Crippen molar-refractivity contribution in [1.82, 2.24) is 4.98 Å². The number of fused-ring (bicyclic) bond motifs is 7. The topological polar surface area (TPSA) is 63.0 Å². The van der Waals surface area contributed by atoms with Crippen LogP contribution >= 0.6 is 0 Å². The molecule has 34 heavy (non-hydrogen) atoms. The summed E-state index contributed by atoms with van der Waals surface area (Å²) in [6.07, 6.45) is -0.689. The maximum Gasteiger partial charge on any atom is 0.178 e. The Balaban J connectivity index is 1.62. The van der Waals surface area contributed by atoms with Crippen LogP contribution in [0.4, 0.5) is 0 Å². The van der Waals surface area contributed by atoms with E-state index in [9.17, 15) is 5.26 Å². The summed E-state index contributed by atoms with van der Waals surface area (Å²) in [5, 5.41) is 12.7. The minimum atomic E-state index is -2.52. The first-order valence-corrected chi connectivity index (χ1v) is 11.0. The highest BCUT2D eigenvalue weighted by Crippen LogP contribution is 2.41. The van der Waals surface area contributed by atoms with Gasteiger partial charge in [-0.15, -0.1) is 0 Å². The first kappa shape index (κ1) is 15.7. The van der Waals surface area contributed by atoms with Gasteiger partial charge in [-0.3, -0.25) is 4.98 Å². The third-order valence-electron chi connectivity index (χ3n) is 5.92. The molecule has 0 saturated heterocycles. The average molecular weight is 450 g/mol. The maximum atomic E-state index is 9.28. The molecule has 0 bridgehead atoms. The second-order valence-corrected chi connectivity index (χ2v) is 9.52. The molecule has 0 spiro atoms. The molecule has 3 heterocycles. The summed E-state index contributed by atoms with van der Waals surface area (Å²) in [5.41, 5.74) is 2.88. The van der Waals surface area contributed by atoms with Crippen LogP contribution in [-0.4, -0.2) is 4.98 Å². The van der Waals surface area contributed by atoms with E-state index in [4.69, 9.17) is 15.7 Å². The monoisotopic (exact) mass is 449 g/mol. The van der Waals surface area contributed by atoms with E-state index in [0.29, 0.717) is 39.2 Å². The fourth-order valence-corrected chi connectivity index (χ4v) is 4.47. The zero-order chi connectivity index (χ0) is 27.9. The molecule has 0 atom stereocenters. The summed E-state index contributed by atoms with van der Waals surface area (Å²) in [6.45, 7) is 2.71. The Hall–Kier alpha value is -4.10. The van der Waals surface area contributed by atoms with Gasteiger partial charge in [-0.25, -0.2) is 0 Å². The van der Waals surface area contributed by atoms with Crippen LogP contribution in [0, 0.1) is 23.6 Å². The lowest BCUT2D eigenvalue weighted by molar-refractivity contribution is 0.410. The molecule has 0 amide bonds. The normalized spacial score (nSPS) is 15.2. The van der Waals surface area contributed by atoms with Crippen LogP contribution in [0.2, 0.25) is 0 Å². The molecule has 0 unspecified atom stereocenters. The van der Waals surface area contributed by atoms with Crippen molar-refractivity contribution in [3.63, 3.8) is 0 Å². The molecule has 6 aromatic rings. The standard InChI is InChI=1S/C30H24N2O2/c1-17-16-32-25(13-19(17)14-30(2,3)4)24-7-5-6-21-23-11-10-22-20-9-8-18(15-31)12-26(20)33-28(22)29(23)34-27(21)24/h5-13,16H,14H2,1-4H3/i1D3,14D2. The van der Waals surface area contributed by atoms with E-state index in [-0.39, 0.29) is 11.1 Å².